The summed E-state index contributed by atoms with van der Waals surface area (Å²) in [5.41, 5.74) is 1.39. The summed E-state index contributed by atoms with van der Waals surface area (Å²) in [6, 6.07) is 0. The third-order valence-electron chi connectivity index (χ3n) is 10.8. The van der Waals surface area contributed by atoms with Gasteiger partial charge in [-0.25, -0.2) is 0 Å². The number of rotatable bonds is 5. The lowest BCUT2D eigenvalue weighted by atomic mass is 9.44. The molecular formula is C27H48. The van der Waals surface area contributed by atoms with E-state index in [0.29, 0.717) is 10.8 Å². The van der Waals surface area contributed by atoms with Gasteiger partial charge in [-0.1, -0.05) is 66.7 Å². The zero-order valence-corrected chi connectivity index (χ0v) is 19.2. The standard InChI is InChI=1S/C27H48/c1-19(2)9-8-10-20(3)23-14-15-24-22-13-12-21-11-6-7-17-26(21,4)25(22)16-18-27(23,24)5/h19-25H,6-18H2,1-5H3/t20?,21?,22-,23+,24-,25-,26-,27+/m0/s1. The van der Waals surface area contributed by atoms with E-state index < -0.39 is 0 Å². The van der Waals surface area contributed by atoms with E-state index in [4.69, 9.17) is 0 Å². The molecule has 156 valence electrons. The van der Waals surface area contributed by atoms with Crippen LogP contribution in [0.2, 0.25) is 0 Å². The van der Waals surface area contributed by atoms with Gasteiger partial charge >= 0.3 is 0 Å². The SMILES string of the molecule is CC(C)CCCC(C)[C@H]1CC[C@H]2[C@@H]3CCC4CCCC[C@]4(C)[C@H]3CC[C@]12C. The van der Waals surface area contributed by atoms with Crippen LogP contribution in [0.4, 0.5) is 0 Å². The molecule has 0 aliphatic heterocycles. The van der Waals surface area contributed by atoms with Crippen LogP contribution in [-0.2, 0) is 0 Å². The summed E-state index contributed by atoms with van der Waals surface area (Å²) in [5.74, 6) is 7.15. The van der Waals surface area contributed by atoms with Crippen molar-refractivity contribution in [1.82, 2.24) is 0 Å². The molecule has 0 spiro atoms. The molecular weight excluding hydrogens is 324 g/mol. The van der Waals surface area contributed by atoms with Gasteiger partial charge in [-0.2, -0.15) is 0 Å². The number of fused-ring (bicyclic) bond motifs is 5. The van der Waals surface area contributed by atoms with Crippen LogP contribution in [0.25, 0.3) is 0 Å². The molecule has 0 nitrogen and oxygen atoms in total. The molecule has 4 aliphatic carbocycles. The minimum atomic E-state index is 0.677. The third-order valence-corrected chi connectivity index (χ3v) is 10.8. The van der Waals surface area contributed by atoms with Crippen molar-refractivity contribution in [2.75, 3.05) is 0 Å². The molecule has 27 heavy (non-hydrogen) atoms. The van der Waals surface area contributed by atoms with Gasteiger partial charge < -0.3 is 0 Å². The summed E-state index contributed by atoms with van der Waals surface area (Å²) in [6.45, 7) is 12.9. The molecule has 0 aromatic carbocycles. The summed E-state index contributed by atoms with van der Waals surface area (Å²) in [4.78, 5) is 0. The molecule has 8 atom stereocenters. The lowest BCUT2D eigenvalue weighted by molar-refractivity contribution is -0.114. The molecule has 4 aliphatic rings. The Labute approximate surface area is 170 Å². The van der Waals surface area contributed by atoms with E-state index in [9.17, 15) is 0 Å². The van der Waals surface area contributed by atoms with Crippen molar-refractivity contribution in [3.8, 4) is 0 Å². The van der Waals surface area contributed by atoms with Crippen molar-refractivity contribution < 1.29 is 0 Å². The van der Waals surface area contributed by atoms with E-state index in [-0.39, 0.29) is 0 Å². The van der Waals surface area contributed by atoms with Crippen LogP contribution < -0.4 is 0 Å². The van der Waals surface area contributed by atoms with Gasteiger partial charge in [0.25, 0.3) is 0 Å². The molecule has 4 rings (SSSR count). The Balaban J connectivity index is 1.46. The highest BCUT2D eigenvalue weighted by Gasteiger charge is 2.59. The van der Waals surface area contributed by atoms with Gasteiger partial charge in [0.15, 0.2) is 0 Å². The van der Waals surface area contributed by atoms with Crippen molar-refractivity contribution in [2.24, 2.45) is 52.3 Å². The van der Waals surface area contributed by atoms with Crippen LogP contribution in [0.3, 0.4) is 0 Å². The summed E-state index contributed by atoms with van der Waals surface area (Å²) < 4.78 is 0. The quantitative estimate of drug-likeness (QED) is 0.453. The predicted octanol–water partition coefficient (Wildman–Crippen LogP) is 8.50. The fourth-order valence-corrected chi connectivity index (χ4v) is 9.32. The normalized spacial score (nSPS) is 48.0. The van der Waals surface area contributed by atoms with Crippen LogP contribution in [-0.4, -0.2) is 0 Å². The Kier molecular flexibility index (Phi) is 5.77. The Hall–Kier alpha value is 0. The molecule has 0 radical (unpaired) electrons. The zero-order valence-electron chi connectivity index (χ0n) is 19.2. The first-order chi connectivity index (χ1) is 12.9. The molecule has 0 bridgehead atoms. The van der Waals surface area contributed by atoms with Gasteiger partial charge in [0.1, 0.15) is 0 Å². The predicted molar refractivity (Wildman–Crippen MR) is 118 cm³/mol. The van der Waals surface area contributed by atoms with Gasteiger partial charge in [0.2, 0.25) is 0 Å². The van der Waals surface area contributed by atoms with Crippen LogP contribution in [0.1, 0.15) is 118 Å². The van der Waals surface area contributed by atoms with Crippen LogP contribution >= 0.6 is 0 Å². The number of hydrogen-bond donors (Lipinski definition) is 0. The second kappa shape index (κ2) is 7.68. The summed E-state index contributed by atoms with van der Waals surface area (Å²) in [7, 11) is 0. The van der Waals surface area contributed by atoms with Gasteiger partial charge in [-0.3, -0.25) is 0 Å². The first kappa shape index (κ1) is 20.3. The second-order valence-corrected chi connectivity index (χ2v) is 12.4. The average Bonchev–Trinajstić information content (AvgIpc) is 2.98. The Morgan fingerprint density at radius 1 is 0.741 bits per heavy atom. The molecule has 4 saturated carbocycles. The van der Waals surface area contributed by atoms with Gasteiger partial charge in [0, 0.05) is 0 Å². The smallest absolute Gasteiger partial charge is 0.0264 e. The maximum atomic E-state index is 2.75. The molecule has 0 aromatic rings. The summed E-state index contributed by atoms with van der Waals surface area (Å²) in [6.07, 6.45) is 19.9. The van der Waals surface area contributed by atoms with E-state index in [1.54, 1.807) is 51.4 Å². The first-order valence-corrected chi connectivity index (χ1v) is 12.9. The fourth-order valence-electron chi connectivity index (χ4n) is 9.32. The largest absolute Gasteiger partial charge is 0.0628 e. The second-order valence-electron chi connectivity index (χ2n) is 12.4. The molecule has 0 N–H and O–H groups in total. The van der Waals surface area contributed by atoms with Crippen LogP contribution in [0.15, 0.2) is 0 Å². The van der Waals surface area contributed by atoms with E-state index in [0.717, 1.165) is 41.4 Å². The maximum absolute atomic E-state index is 2.75. The van der Waals surface area contributed by atoms with Crippen molar-refractivity contribution in [2.45, 2.75) is 118 Å². The zero-order chi connectivity index (χ0) is 19.2. The van der Waals surface area contributed by atoms with Crippen molar-refractivity contribution in [3.05, 3.63) is 0 Å². The molecule has 0 amide bonds. The topological polar surface area (TPSA) is 0 Å². The number of hydrogen-bond acceptors (Lipinski definition) is 0. The maximum Gasteiger partial charge on any atom is -0.0264 e. The molecule has 0 saturated heterocycles. The van der Waals surface area contributed by atoms with Crippen molar-refractivity contribution in [1.29, 1.82) is 0 Å². The van der Waals surface area contributed by atoms with Crippen molar-refractivity contribution >= 4 is 0 Å². The molecule has 0 aromatic heterocycles. The van der Waals surface area contributed by atoms with Gasteiger partial charge in [0.05, 0.1) is 0 Å². The Morgan fingerprint density at radius 2 is 1.52 bits per heavy atom. The highest BCUT2D eigenvalue weighted by Crippen LogP contribution is 2.68. The van der Waals surface area contributed by atoms with E-state index in [1.807, 2.05) is 0 Å². The Bertz CT molecular complexity index is 506. The molecule has 0 heterocycles. The van der Waals surface area contributed by atoms with E-state index in [1.165, 1.54) is 32.1 Å². The fraction of sp³-hybridized carbons (Fsp3) is 1.00. The van der Waals surface area contributed by atoms with E-state index in [2.05, 4.69) is 34.6 Å². The molecule has 4 fully saturated rings. The summed E-state index contributed by atoms with van der Waals surface area (Å²) in [5, 5.41) is 0. The monoisotopic (exact) mass is 372 g/mol. The van der Waals surface area contributed by atoms with Gasteiger partial charge in [-0.15, -0.1) is 0 Å². The van der Waals surface area contributed by atoms with Gasteiger partial charge in [-0.05, 0) is 104 Å². The minimum absolute atomic E-state index is 0.677. The minimum Gasteiger partial charge on any atom is -0.0628 e. The average molecular weight is 373 g/mol. The lowest BCUT2D eigenvalue weighted by Gasteiger charge is -2.61. The first-order valence-electron chi connectivity index (χ1n) is 12.9. The van der Waals surface area contributed by atoms with E-state index >= 15 is 0 Å². The Morgan fingerprint density at radius 3 is 2.30 bits per heavy atom. The molecule has 0 heteroatoms. The highest BCUT2D eigenvalue weighted by atomic mass is 14.6. The molecule has 2 unspecified atom stereocenters. The van der Waals surface area contributed by atoms with Crippen LogP contribution in [0.5, 0.6) is 0 Å². The lowest BCUT2D eigenvalue weighted by Crippen LogP contribution is -2.53. The summed E-state index contributed by atoms with van der Waals surface area (Å²) >= 11 is 0. The third kappa shape index (κ3) is 3.44. The van der Waals surface area contributed by atoms with Crippen molar-refractivity contribution in [3.63, 3.8) is 0 Å². The highest BCUT2D eigenvalue weighted by molar-refractivity contribution is 5.09. The van der Waals surface area contributed by atoms with Crippen LogP contribution in [0, 0.1) is 52.3 Å².